The third kappa shape index (κ3) is 9.29. The molecule has 1 aliphatic heterocycles. The largest absolute Gasteiger partial charge is 0.465 e. The molecule has 5 N–H and O–H groups in total. The van der Waals surface area contributed by atoms with Crippen LogP contribution in [0.2, 0.25) is 0 Å². The van der Waals surface area contributed by atoms with E-state index in [1.807, 2.05) is 6.07 Å². The zero-order valence-corrected chi connectivity index (χ0v) is 21.1. The van der Waals surface area contributed by atoms with Gasteiger partial charge in [0.15, 0.2) is 0 Å². The fraction of sp³-hybridized carbons (Fsp3) is 0.560. The van der Waals surface area contributed by atoms with Crippen molar-refractivity contribution >= 4 is 30.1 Å². The highest BCUT2D eigenvalue weighted by Crippen LogP contribution is 2.16. The Morgan fingerprint density at radius 2 is 1.81 bits per heavy atom. The van der Waals surface area contributed by atoms with E-state index in [0.717, 1.165) is 5.56 Å². The number of hydrogen-bond acceptors (Lipinski definition) is 6. The summed E-state index contributed by atoms with van der Waals surface area (Å²) < 4.78 is 5.78. The summed E-state index contributed by atoms with van der Waals surface area (Å²) in [6, 6.07) is 5.62. The molecule has 1 aromatic carbocycles. The fourth-order valence-electron chi connectivity index (χ4n) is 4.08. The molecule has 1 aliphatic rings. The summed E-state index contributed by atoms with van der Waals surface area (Å²) in [7, 11) is 0. The third-order valence-corrected chi connectivity index (χ3v) is 5.68. The topological polar surface area (TPSA) is 163 Å². The number of benzene rings is 1. The van der Waals surface area contributed by atoms with Crippen molar-refractivity contribution < 1.29 is 33.8 Å². The number of nitrogens with one attached hydrogen (secondary N) is 4. The minimum absolute atomic E-state index is 0.0994. The molecule has 0 radical (unpaired) electrons. The molecule has 198 valence electrons. The van der Waals surface area contributed by atoms with Crippen LogP contribution in [0, 0.1) is 5.92 Å². The number of aldehydes is 1. The SMILES string of the molecule is C[C@@H](OC(C)(C)C)[C@H](NC(=O)O)C(=O)NC(Cc1ccccc1)C(=O)NC(C=O)CC1CCNC1=O. The van der Waals surface area contributed by atoms with Gasteiger partial charge in [-0.1, -0.05) is 30.3 Å². The van der Waals surface area contributed by atoms with Crippen molar-refractivity contribution in [2.45, 2.75) is 76.8 Å². The predicted octanol–water partition coefficient (Wildman–Crippen LogP) is 0.764. The molecule has 1 aromatic rings. The molecule has 0 saturated carbocycles. The summed E-state index contributed by atoms with van der Waals surface area (Å²) in [5.41, 5.74) is 0.0976. The van der Waals surface area contributed by atoms with Crippen molar-refractivity contribution in [3.8, 4) is 0 Å². The second-order valence-electron chi connectivity index (χ2n) is 9.88. The monoisotopic (exact) mass is 504 g/mol. The number of amides is 4. The maximum atomic E-state index is 13.2. The maximum Gasteiger partial charge on any atom is 0.405 e. The first-order valence-electron chi connectivity index (χ1n) is 11.9. The lowest BCUT2D eigenvalue weighted by atomic mass is 9.98. The highest BCUT2D eigenvalue weighted by atomic mass is 16.5. The third-order valence-electron chi connectivity index (χ3n) is 5.68. The Bertz CT molecular complexity index is 932. The number of carboxylic acid groups (broad SMARTS) is 1. The fourth-order valence-corrected chi connectivity index (χ4v) is 4.08. The first-order valence-corrected chi connectivity index (χ1v) is 11.9. The number of rotatable bonds is 12. The van der Waals surface area contributed by atoms with Crippen molar-refractivity contribution in [1.29, 1.82) is 0 Å². The Morgan fingerprint density at radius 1 is 1.14 bits per heavy atom. The van der Waals surface area contributed by atoms with Crippen molar-refractivity contribution in [2.75, 3.05) is 6.54 Å². The standard InChI is InChI=1S/C25H36N4O7/c1-15(36-25(2,3)4)20(29-24(34)35)23(33)28-19(12-16-8-6-5-7-9-16)22(32)27-18(14-30)13-17-10-11-26-21(17)31/h5-9,14-15,17-20,29H,10-13H2,1-4H3,(H,26,31)(H,27,32)(H,28,33)(H,34,35)/t15-,17?,18?,19?,20+/m1/s1. The molecule has 11 heteroatoms. The molecule has 11 nitrogen and oxygen atoms in total. The van der Waals surface area contributed by atoms with Gasteiger partial charge in [0.2, 0.25) is 17.7 Å². The molecule has 0 aliphatic carbocycles. The Balaban J connectivity index is 2.20. The molecule has 1 saturated heterocycles. The lowest BCUT2D eigenvalue weighted by molar-refractivity contribution is -0.135. The van der Waals surface area contributed by atoms with Crippen LogP contribution in [-0.4, -0.2) is 71.6 Å². The van der Waals surface area contributed by atoms with E-state index < -0.39 is 47.7 Å². The molecular weight excluding hydrogens is 468 g/mol. The normalized spacial score (nSPS) is 18.8. The summed E-state index contributed by atoms with van der Waals surface area (Å²) >= 11 is 0. The van der Waals surface area contributed by atoms with E-state index in [2.05, 4.69) is 21.3 Å². The predicted molar refractivity (Wildman–Crippen MR) is 131 cm³/mol. The number of carbonyl (C=O) groups excluding carboxylic acids is 4. The van der Waals surface area contributed by atoms with Gasteiger partial charge in [-0.25, -0.2) is 4.79 Å². The first kappa shape index (κ1) is 28.8. The van der Waals surface area contributed by atoms with Crippen LogP contribution in [0.4, 0.5) is 4.79 Å². The van der Waals surface area contributed by atoms with Crippen molar-refractivity contribution in [3.05, 3.63) is 35.9 Å². The summed E-state index contributed by atoms with van der Waals surface area (Å²) in [6.07, 6.45) is -0.879. The van der Waals surface area contributed by atoms with Gasteiger partial charge in [-0.15, -0.1) is 0 Å². The number of hydrogen-bond donors (Lipinski definition) is 5. The molecule has 36 heavy (non-hydrogen) atoms. The zero-order chi connectivity index (χ0) is 26.9. The molecule has 0 bridgehead atoms. The molecule has 4 amide bonds. The van der Waals surface area contributed by atoms with Gasteiger partial charge in [0.25, 0.3) is 0 Å². The van der Waals surface area contributed by atoms with Crippen LogP contribution in [0.25, 0.3) is 0 Å². The van der Waals surface area contributed by atoms with E-state index in [1.54, 1.807) is 52.0 Å². The van der Waals surface area contributed by atoms with Gasteiger partial charge in [0.05, 0.1) is 17.7 Å². The molecule has 2 rings (SSSR count). The van der Waals surface area contributed by atoms with Crippen LogP contribution >= 0.6 is 0 Å². The van der Waals surface area contributed by atoms with Gasteiger partial charge in [-0.2, -0.15) is 0 Å². The summed E-state index contributed by atoms with van der Waals surface area (Å²) in [4.78, 5) is 61.3. The van der Waals surface area contributed by atoms with Gasteiger partial charge in [-0.3, -0.25) is 14.4 Å². The summed E-state index contributed by atoms with van der Waals surface area (Å²) in [6.45, 7) is 7.40. The van der Waals surface area contributed by atoms with Crippen molar-refractivity contribution in [1.82, 2.24) is 21.3 Å². The van der Waals surface area contributed by atoms with Crippen molar-refractivity contribution in [2.24, 2.45) is 5.92 Å². The average Bonchev–Trinajstić information content (AvgIpc) is 3.19. The minimum Gasteiger partial charge on any atom is -0.465 e. The Morgan fingerprint density at radius 3 is 2.33 bits per heavy atom. The second-order valence-corrected chi connectivity index (χ2v) is 9.88. The summed E-state index contributed by atoms with van der Waals surface area (Å²) in [5, 5.41) is 19.4. The molecule has 3 unspecified atom stereocenters. The smallest absolute Gasteiger partial charge is 0.405 e. The average molecular weight is 505 g/mol. The molecule has 5 atom stereocenters. The molecule has 1 heterocycles. The highest BCUT2D eigenvalue weighted by molar-refractivity contribution is 5.92. The van der Waals surface area contributed by atoms with E-state index in [9.17, 15) is 29.1 Å². The van der Waals surface area contributed by atoms with E-state index in [4.69, 9.17) is 4.74 Å². The number of ether oxygens (including phenoxy) is 1. The first-order chi connectivity index (χ1) is 16.9. The van der Waals surface area contributed by atoms with Crippen LogP contribution in [0.1, 0.15) is 46.1 Å². The second kappa shape index (κ2) is 13.0. The zero-order valence-electron chi connectivity index (χ0n) is 21.1. The van der Waals surface area contributed by atoms with Gasteiger partial charge in [-0.05, 0) is 46.1 Å². The molecule has 0 spiro atoms. The minimum atomic E-state index is -1.42. The van der Waals surface area contributed by atoms with Crippen LogP contribution < -0.4 is 21.3 Å². The maximum absolute atomic E-state index is 13.2. The van der Waals surface area contributed by atoms with Crippen molar-refractivity contribution in [3.63, 3.8) is 0 Å². The molecular formula is C25H36N4O7. The summed E-state index contributed by atoms with van der Waals surface area (Å²) in [5.74, 6) is -1.92. The van der Waals surface area contributed by atoms with Crippen LogP contribution in [0.3, 0.4) is 0 Å². The number of carbonyl (C=O) groups is 5. The van der Waals surface area contributed by atoms with E-state index in [0.29, 0.717) is 19.3 Å². The lowest BCUT2D eigenvalue weighted by Gasteiger charge is -2.31. The van der Waals surface area contributed by atoms with Crippen LogP contribution in [0.15, 0.2) is 30.3 Å². The van der Waals surface area contributed by atoms with Crippen LogP contribution in [-0.2, 0) is 30.3 Å². The Labute approximate surface area is 210 Å². The quantitative estimate of drug-likeness (QED) is 0.262. The highest BCUT2D eigenvalue weighted by Gasteiger charge is 2.34. The van der Waals surface area contributed by atoms with E-state index >= 15 is 0 Å². The van der Waals surface area contributed by atoms with Gasteiger partial charge >= 0.3 is 6.09 Å². The molecule has 0 aromatic heterocycles. The van der Waals surface area contributed by atoms with E-state index in [1.165, 1.54) is 0 Å². The van der Waals surface area contributed by atoms with Gasteiger partial charge in [0.1, 0.15) is 18.4 Å². The lowest BCUT2D eigenvalue weighted by Crippen LogP contribution is -2.59. The molecule has 1 fully saturated rings. The Hall–Kier alpha value is -3.47. The van der Waals surface area contributed by atoms with Gasteiger partial charge in [0, 0.05) is 18.9 Å². The van der Waals surface area contributed by atoms with Gasteiger partial charge < -0.3 is 35.9 Å². The Kier molecular flexibility index (Phi) is 10.4. The van der Waals surface area contributed by atoms with Crippen LogP contribution in [0.5, 0.6) is 0 Å². The van der Waals surface area contributed by atoms with E-state index in [-0.39, 0.29) is 24.7 Å².